The van der Waals surface area contributed by atoms with E-state index >= 15 is 0 Å². The Labute approximate surface area is 114 Å². The summed E-state index contributed by atoms with van der Waals surface area (Å²) in [7, 11) is 0. The molecule has 0 saturated heterocycles. The average Bonchev–Trinajstić information content (AvgIpc) is 2.40. The SMILES string of the molecule is CCCCN(CC)Cc1cc(=O)c(O)cn1CCO. The number of aromatic hydroxyl groups is 1. The quantitative estimate of drug-likeness (QED) is 0.743. The van der Waals surface area contributed by atoms with Crippen LogP contribution in [0.15, 0.2) is 17.1 Å². The summed E-state index contributed by atoms with van der Waals surface area (Å²) in [5, 5.41) is 18.5. The summed E-state index contributed by atoms with van der Waals surface area (Å²) in [6.07, 6.45) is 3.66. The molecule has 0 radical (unpaired) electrons. The fourth-order valence-electron chi connectivity index (χ4n) is 2.01. The number of hydrogen-bond acceptors (Lipinski definition) is 4. The van der Waals surface area contributed by atoms with Crippen molar-refractivity contribution >= 4 is 0 Å². The summed E-state index contributed by atoms with van der Waals surface area (Å²) >= 11 is 0. The first-order chi connectivity index (χ1) is 9.12. The van der Waals surface area contributed by atoms with E-state index in [0.29, 0.717) is 13.1 Å². The lowest BCUT2D eigenvalue weighted by atomic mass is 10.2. The van der Waals surface area contributed by atoms with Gasteiger partial charge in [0.05, 0.1) is 12.8 Å². The molecule has 1 rings (SSSR count). The van der Waals surface area contributed by atoms with Gasteiger partial charge in [-0.05, 0) is 19.5 Å². The van der Waals surface area contributed by atoms with Gasteiger partial charge in [0.2, 0.25) is 5.43 Å². The zero-order valence-corrected chi connectivity index (χ0v) is 11.8. The van der Waals surface area contributed by atoms with Crippen LogP contribution in [-0.4, -0.2) is 39.4 Å². The molecule has 2 N–H and O–H groups in total. The number of unbranched alkanes of at least 4 members (excludes halogenated alkanes) is 1. The molecule has 0 atom stereocenters. The number of hydrogen-bond donors (Lipinski definition) is 2. The second-order valence-electron chi connectivity index (χ2n) is 4.65. The second-order valence-corrected chi connectivity index (χ2v) is 4.65. The van der Waals surface area contributed by atoms with Crippen molar-refractivity contribution in [2.45, 2.75) is 39.8 Å². The van der Waals surface area contributed by atoms with Gasteiger partial charge in [-0.25, -0.2) is 0 Å². The van der Waals surface area contributed by atoms with Crippen LogP contribution < -0.4 is 5.43 Å². The predicted octanol–water partition coefficient (Wildman–Crippen LogP) is 1.17. The number of rotatable bonds is 8. The topological polar surface area (TPSA) is 65.7 Å². The van der Waals surface area contributed by atoms with Gasteiger partial charge in [-0.2, -0.15) is 0 Å². The normalized spacial score (nSPS) is 11.2. The lowest BCUT2D eigenvalue weighted by Crippen LogP contribution is -2.27. The summed E-state index contributed by atoms with van der Waals surface area (Å²) in [6.45, 7) is 7.16. The lowest BCUT2D eigenvalue weighted by Gasteiger charge is -2.22. The van der Waals surface area contributed by atoms with Crippen LogP contribution in [0, 0.1) is 0 Å². The van der Waals surface area contributed by atoms with Crippen LogP contribution in [0.5, 0.6) is 5.75 Å². The number of pyridine rings is 1. The van der Waals surface area contributed by atoms with Crippen LogP contribution in [0.3, 0.4) is 0 Å². The van der Waals surface area contributed by atoms with Gasteiger partial charge in [0, 0.05) is 24.8 Å². The summed E-state index contributed by atoms with van der Waals surface area (Å²) in [5.74, 6) is -0.270. The van der Waals surface area contributed by atoms with E-state index < -0.39 is 0 Å². The standard InChI is InChI=1S/C14H24N2O3/c1-3-5-6-15(4-2)10-12-9-13(18)14(19)11-16(12)7-8-17/h9,11,17,19H,3-8,10H2,1-2H3. The minimum Gasteiger partial charge on any atom is -0.503 e. The molecule has 19 heavy (non-hydrogen) atoms. The van der Waals surface area contributed by atoms with E-state index in [0.717, 1.165) is 31.6 Å². The largest absolute Gasteiger partial charge is 0.503 e. The molecule has 0 aliphatic carbocycles. The monoisotopic (exact) mass is 268 g/mol. The Morgan fingerprint density at radius 3 is 2.68 bits per heavy atom. The van der Waals surface area contributed by atoms with Crippen molar-refractivity contribution in [1.82, 2.24) is 9.47 Å². The van der Waals surface area contributed by atoms with Crippen molar-refractivity contribution < 1.29 is 10.2 Å². The molecule has 1 aromatic rings. The highest BCUT2D eigenvalue weighted by Crippen LogP contribution is 2.09. The molecule has 0 spiro atoms. The number of aliphatic hydroxyl groups excluding tert-OH is 1. The van der Waals surface area contributed by atoms with Gasteiger partial charge >= 0.3 is 0 Å². The van der Waals surface area contributed by atoms with Crippen LogP contribution in [0.25, 0.3) is 0 Å². The van der Waals surface area contributed by atoms with E-state index in [1.54, 1.807) is 4.57 Å². The Kier molecular flexibility index (Phi) is 6.59. The van der Waals surface area contributed by atoms with E-state index in [1.165, 1.54) is 12.3 Å². The molecule has 0 amide bonds. The molecule has 1 aromatic heterocycles. The molecular weight excluding hydrogens is 244 g/mol. The van der Waals surface area contributed by atoms with E-state index in [2.05, 4.69) is 18.7 Å². The van der Waals surface area contributed by atoms with Crippen LogP contribution in [-0.2, 0) is 13.1 Å². The van der Waals surface area contributed by atoms with Gasteiger partial charge in [0.25, 0.3) is 0 Å². The minimum atomic E-state index is -0.365. The molecule has 5 heteroatoms. The number of aliphatic hydroxyl groups is 1. The molecule has 0 fully saturated rings. The lowest BCUT2D eigenvalue weighted by molar-refractivity contribution is 0.250. The van der Waals surface area contributed by atoms with Gasteiger partial charge in [0.15, 0.2) is 5.75 Å². The van der Waals surface area contributed by atoms with E-state index in [9.17, 15) is 9.90 Å². The van der Waals surface area contributed by atoms with Crippen molar-refractivity contribution in [3.8, 4) is 5.75 Å². The third kappa shape index (κ3) is 4.69. The minimum absolute atomic E-state index is 0.0175. The van der Waals surface area contributed by atoms with Crippen LogP contribution >= 0.6 is 0 Å². The fraction of sp³-hybridized carbons (Fsp3) is 0.643. The van der Waals surface area contributed by atoms with Crippen molar-refractivity contribution in [1.29, 1.82) is 0 Å². The van der Waals surface area contributed by atoms with E-state index in [-0.39, 0.29) is 17.8 Å². The number of aromatic nitrogens is 1. The van der Waals surface area contributed by atoms with Crippen LogP contribution in [0.2, 0.25) is 0 Å². The van der Waals surface area contributed by atoms with E-state index in [4.69, 9.17) is 5.11 Å². The summed E-state index contributed by atoms with van der Waals surface area (Å²) < 4.78 is 1.74. The molecule has 0 unspecified atom stereocenters. The zero-order chi connectivity index (χ0) is 14.3. The molecule has 0 saturated carbocycles. The summed E-state index contributed by atoms with van der Waals surface area (Å²) in [4.78, 5) is 13.8. The molecule has 0 aliphatic rings. The van der Waals surface area contributed by atoms with Gasteiger partial charge < -0.3 is 14.8 Å². The first kappa shape index (κ1) is 15.7. The highest BCUT2D eigenvalue weighted by molar-refractivity contribution is 5.20. The van der Waals surface area contributed by atoms with Crippen LogP contribution in [0.1, 0.15) is 32.4 Å². The highest BCUT2D eigenvalue weighted by atomic mass is 16.3. The second kappa shape index (κ2) is 7.96. The van der Waals surface area contributed by atoms with Crippen molar-refractivity contribution in [3.63, 3.8) is 0 Å². The molecule has 108 valence electrons. The van der Waals surface area contributed by atoms with Gasteiger partial charge in [-0.3, -0.25) is 9.69 Å². The molecule has 1 heterocycles. The van der Waals surface area contributed by atoms with E-state index in [1.807, 2.05) is 0 Å². The predicted molar refractivity (Wildman–Crippen MR) is 75.3 cm³/mol. The smallest absolute Gasteiger partial charge is 0.223 e. The van der Waals surface area contributed by atoms with Crippen LogP contribution in [0.4, 0.5) is 0 Å². The molecule has 0 aliphatic heterocycles. The fourth-order valence-corrected chi connectivity index (χ4v) is 2.01. The molecule has 0 bridgehead atoms. The Morgan fingerprint density at radius 2 is 2.11 bits per heavy atom. The van der Waals surface area contributed by atoms with Crippen molar-refractivity contribution in [2.24, 2.45) is 0 Å². The highest BCUT2D eigenvalue weighted by Gasteiger charge is 2.09. The van der Waals surface area contributed by atoms with Crippen molar-refractivity contribution in [2.75, 3.05) is 19.7 Å². The zero-order valence-electron chi connectivity index (χ0n) is 11.8. The Morgan fingerprint density at radius 1 is 1.37 bits per heavy atom. The Bertz CT molecular complexity index is 443. The third-order valence-corrected chi connectivity index (χ3v) is 3.20. The third-order valence-electron chi connectivity index (χ3n) is 3.20. The first-order valence-electron chi connectivity index (χ1n) is 6.87. The summed E-state index contributed by atoms with van der Waals surface area (Å²) in [5.41, 5.74) is 0.463. The number of nitrogens with zero attached hydrogens (tertiary/aromatic N) is 2. The summed E-state index contributed by atoms with van der Waals surface area (Å²) in [6, 6.07) is 1.46. The Balaban J connectivity index is 2.90. The molecule has 0 aromatic carbocycles. The maximum Gasteiger partial charge on any atom is 0.223 e. The Hall–Kier alpha value is -1.33. The molecular formula is C14H24N2O3. The van der Waals surface area contributed by atoms with Gasteiger partial charge in [0.1, 0.15) is 0 Å². The maximum atomic E-state index is 11.5. The maximum absolute atomic E-state index is 11.5. The van der Waals surface area contributed by atoms with Gasteiger partial charge in [-0.1, -0.05) is 20.3 Å². The average molecular weight is 268 g/mol. The van der Waals surface area contributed by atoms with Crippen molar-refractivity contribution in [3.05, 3.63) is 28.2 Å². The first-order valence-corrected chi connectivity index (χ1v) is 6.87. The van der Waals surface area contributed by atoms with Gasteiger partial charge in [-0.15, -0.1) is 0 Å². The molecule has 5 nitrogen and oxygen atoms in total.